The summed E-state index contributed by atoms with van der Waals surface area (Å²) in [5.41, 5.74) is 0. The third kappa shape index (κ3) is 45.3. The molecule has 0 aromatic carbocycles. The lowest BCUT2D eigenvalue weighted by atomic mass is 10.0. The van der Waals surface area contributed by atoms with E-state index in [9.17, 15) is 14.4 Å². The quantitative estimate of drug-likeness (QED) is 0.0346. The number of hydrogen-bond donors (Lipinski definition) is 0. The molecule has 0 aliphatic heterocycles. The van der Waals surface area contributed by atoms with Crippen LogP contribution in [0.2, 0.25) is 0 Å². The molecule has 0 radical (unpaired) electrons. The Morgan fingerprint density at radius 3 is 0.860 bits per heavy atom. The van der Waals surface area contributed by atoms with Crippen LogP contribution < -0.4 is 0 Å². The number of carbonyl (C=O) groups excluding carboxylic acids is 3. The summed E-state index contributed by atoms with van der Waals surface area (Å²) in [6.07, 6.45) is 46.6. The molecule has 0 unspecified atom stereocenters. The van der Waals surface area contributed by atoms with E-state index < -0.39 is 6.10 Å². The van der Waals surface area contributed by atoms with Crippen molar-refractivity contribution >= 4 is 17.9 Å². The minimum atomic E-state index is -0.760. The molecule has 0 rings (SSSR count). The normalized spacial score (nSPS) is 11.9. The van der Waals surface area contributed by atoms with Crippen molar-refractivity contribution in [3.05, 3.63) is 0 Å². The third-order valence-electron chi connectivity index (χ3n) is 11.5. The molecule has 0 heterocycles. The summed E-state index contributed by atoms with van der Waals surface area (Å²) in [7, 11) is 0. The largest absolute Gasteiger partial charge is 0.462 e. The van der Waals surface area contributed by atoms with E-state index in [1.54, 1.807) is 0 Å². The zero-order valence-corrected chi connectivity index (χ0v) is 38.8. The molecular weight excluding hydrogens is 709 g/mol. The molecule has 0 fully saturated rings. The van der Waals surface area contributed by atoms with Crippen LogP contribution in [0.1, 0.15) is 285 Å². The Kier molecular flexibility index (Phi) is 44.2. The van der Waals surface area contributed by atoms with Gasteiger partial charge in [0.05, 0.1) is 0 Å². The zero-order valence-electron chi connectivity index (χ0n) is 38.8. The summed E-state index contributed by atoms with van der Waals surface area (Å²) in [6.45, 7) is 9.00. The standard InChI is InChI=1S/C51H98O6/c1-5-7-9-11-13-15-17-18-19-20-21-23-27-31-35-39-43-50(53)56-46-48(45-55-49(52)42-38-34-30-26-22-16-14-12-10-8-6-2)57-51(54)44-40-36-32-28-24-25-29-33-37-41-47(3)4/h47-48H,5-46H2,1-4H3/t48-/m1/s1. The number of ether oxygens (including phenoxy) is 3. The smallest absolute Gasteiger partial charge is 0.306 e. The van der Waals surface area contributed by atoms with Gasteiger partial charge >= 0.3 is 17.9 Å². The van der Waals surface area contributed by atoms with Gasteiger partial charge in [0.1, 0.15) is 13.2 Å². The Morgan fingerprint density at radius 1 is 0.333 bits per heavy atom. The van der Waals surface area contributed by atoms with E-state index in [4.69, 9.17) is 14.2 Å². The lowest BCUT2D eigenvalue weighted by Crippen LogP contribution is -2.30. The summed E-state index contributed by atoms with van der Waals surface area (Å²) in [5.74, 6) is -0.0417. The molecule has 0 spiro atoms. The van der Waals surface area contributed by atoms with Crippen molar-refractivity contribution in [2.75, 3.05) is 13.2 Å². The molecule has 6 nitrogen and oxygen atoms in total. The second kappa shape index (κ2) is 45.5. The van der Waals surface area contributed by atoms with Crippen molar-refractivity contribution < 1.29 is 28.6 Å². The Morgan fingerprint density at radius 2 is 0.579 bits per heavy atom. The molecule has 338 valence electrons. The van der Waals surface area contributed by atoms with Crippen molar-refractivity contribution in [3.63, 3.8) is 0 Å². The molecule has 0 saturated carbocycles. The second-order valence-electron chi connectivity index (χ2n) is 17.9. The van der Waals surface area contributed by atoms with E-state index in [-0.39, 0.29) is 31.1 Å². The molecular formula is C51H98O6. The Labute approximate surface area is 355 Å². The molecule has 1 atom stereocenters. The minimum absolute atomic E-state index is 0.0632. The minimum Gasteiger partial charge on any atom is -0.462 e. The highest BCUT2D eigenvalue weighted by Crippen LogP contribution is 2.17. The summed E-state index contributed by atoms with van der Waals surface area (Å²) >= 11 is 0. The van der Waals surface area contributed by atoms with Crippen molar-refractivity contribution in [3.8, 4) is 0 Å². The van der Waals surface area contributed by atoms with Gasteiger partial charge in [-0.25, -0.2) is 0 Å². The van der Waals surface area contributed by atoms with Crippen molar-refractivity contribution in [1.82, 2.24) is 0 Å². The maximum Gasteiger partial charge on any atom is 0.306 e. The van der Waals surface area contributed by atoms with Gasteiger partial charge in [-0.1, -0.05) is 246 Å². The lowest BCUT2D eigenvalue weighted by molar-refractivity contribution is -0.167. The average Bonchev–Trinajstić information content (AvgIpc) is 3.19. The Hall–Kier alpha value is -1.59. The maximum atomic E-state index is 12.7. The van der Waals surface area contributed by atoms with E-state index in [2.05, 4.69) is 27.7 Å². The molecule has 6 heteroatoms. The predicted octanol–water partition coefficient (Wildman–Crippen LogP) is 16.3. The van der Waals surface area contributed by atoms with Gasteiger partial charge in [-0.15, -0.1) is 0 Å². The summed E-state index contributed by atoms with van der Waals surface area (Å²) in [6, 6.07) is 0. The topological polar surface area (TPSA) is 78.9 Å². The number of carbonyl (C=O) groups is 3. The summed E-state index contributed by atoms with van der Waals surface area (Å²) in [4.78, 5) is 37.9. The van der Waals surface area contributed by atoms with Crippen LogP contribution in [-0.2, 0) is 28.6 Å². The molecule has 0 bridgehead atoms. The highest BCUT2D eigenvalue weighted by molar-refractivity contribution is 5.71. The molecule has 0 aromatic rings. The van der Waals surface area contributed by atoms with Crippen LogP contribution in [0.15, 0.2) is 0 Å². The fourth-order valence-corrected chi connectivity index (χ4v) is 7.69. The molecule has 0 aromatic heterocycles. The fraction of sp³-hybridized carbons (Fsp3) is 0.941. The average molecular weight is 807 g/mol. The highest BCUT2D eigenvalue weighted by atomic mass is 16.6. The summed E-state index contributed by atoms with van der Waals surface area (Å²) < 4.78 is 16.8. The van der Waals surface area contributed by atoms with Gasteiger partial charge in [0.25, 0.3) is 0 Å². The van der Waals surface area contributed by atoms with Gasteiger partial charge < -0.3 is 14.2 Å². The van der Waals surface area contributed by atoms with Gasteiger partial charge in [0.2, 0.25) is 0 Å². The maximum absolute atomic E-state index is 12.7. The van der Waals surface area contributed by atoms with E-state index >= 15 is 0 Å². The van der Waals surface area contributed by atoms with E-state index in [1.165, 1.54) is 180 Å². The molecule has 0 amide bonds. The fourth-order valence-electron chi connectivity index (χ4n) is 7.69. The van der Waals surface area contributed by atoms with E-state index in [0.717, 1.165) is 63.7 Å². The number of rotatable bonds is 46. The highest BCUT2D eigenvalue weighted by Gasteiger charge is 2.19. The van der Waals surface area contributed by atoms with Crippen molar-refractivity contribution in [2.45, 2.75) is 291 Å². The van der Waals surface area contributed by atoms with Crippen LogP contribution in [0.25, 0.3) is 0 Å². The SMILES string of the molecule is CCCCCCCCCCCCCCCCCCC(=O)OC[C@@H](COC(=O)CCCCCCCCCCCCC)OC(=O)CCCCCCCCCCCC(C)C. The molecule has 0 aliphatic rings. The third-order valence-corrected chi connectivity index (χ3v) is 11.5. The Bertz CT molecular complexity index is 857. The van der Waals surface area contributed by atoms with Crippen LogP contribution in [0.5, 0.6) is 0 Å². The van der Waals surface area contributed by atoms with Crippen LogP contribution in [0, 0.1) is 5.92 Å². The first-order chi connectivity index (χ1) is 27.9. The monoisotopic (exact) mass is 807 g/mol. The van der Waals surface area contributed by atoms with Gasteiger partial charge in [-0.05, 0) is 25.2 Å². The zero-order chi connectivity index (χ0) is 41.7. The number of esters is 3. The predicted molar refractivity (Wildman–Crippen MR) is 243 cm³/mol. The van der Waals surface area contributed by atoms with E-state index in [0.29, 0.717) is 19.3 Å². The first-order valence-corrected chi connectivity index (χ1v) is 25.4. The number of unbranched alkanes of at least 4 members (excludes halogenated alkanes) is 33. The van der Waals surface area contributed by atoms with E-state index in [1.807, 2.05) is 0 Å². The van der Waals surface area contributed by atoms with Crippen molar-refractivity contribution in [1.29, 1.82) is 0 Å². The van der Waals surface area contributed by atoms with Crippen LogP contribution in [0.4, 0.5) is 0 Å². The summed E-state index contributed by atoms with van der Waals surface area (Å²) in [5, 5.41) is 0. The molecule has 57 heavy (non-hydrogen) atoms. The lowest BCUT2D eigenvalue weighted by Gasteiger charge is -2.18. The van der Waals surface area contributed by atoms with Gasteiger partial charge in [-0.3, -0.25) is 14.4 Å². The molecule has 0 N–H and O–H groups in total. The van der Waals surface area contributed by atoms with Crippen LogP contribution >= 0.6 is 0 Å². The van der Waals surface area contributed by atoms with Gasteiger partial charge in [0.15, 0.2) is 6.10 Å². The molecule has 0 aliphatic carbocycles. The Balaban J connectivity index is 4.28. The second-order valence-corrected chi connectivity index (χ2v) is 17.9. The molecule has 0 saturated heterocycles. The first kappa shape index (κ1) is 55.4. The van der Waals surface area contributed by atoms with Crippen molar-refractivity contribution in [2.24, 2.45) is 5.92 Å². The number of hydrogen-bond acceptors (Lipinski definition) is 6. The van der Waals surface area contributed by atoms with Crippen LogP contribution in [0.3, 0.4) is 0 Å². The van der Waals surface area contributed by atoms with Crippen LogP contribution in [-0.4, -0.2) is 37.2 Å². The first-order valence-electron chi connectivity index (χ1n) is 25.4. The van der Waals surface area contributed by atoms with Gasteiger partial charge in [-0.2, -0.15) is 0 Å². The van der Waals surface area contributed by atoms with Gasteiger partial charge in [0, 0.05) is 19.3 Å².